The molecular formula is C21H22N2O3. The average Bonchev–Trinajstić information content (AvgIpc) is 2.68. The van der Waals surface area contributed by atoms with Gasteiger partial charge < -0.3 is 14.8 Å². The molecule has 0 amide bonds. The molecule has 2 rings (SSSR count). The third-order valence-corrected chi connectivity index (χ3v) is 3.51. The summed E-state index contributed by atoms with van der Waals surface area (Å²) in [6.45, 7) is 3.54. The van der Waals surface area contributed by atoms with Crippen molar-refractivity contribution in [3.8, 4) is 11.8 Å². The summed E-state index contributed by atoms with van der Waals surface area (Å²) in [6.07, 6.45) is 4.00. The van der Waals surface area contributed by atoms with Gasteiger partial charge in [-0.05, 0) is 61.4 Å². The number of esters is 1. The summed E-state index contributed by atoms with van der Waals surface area (Å²) in [6, 6.07) is 17.0. The van der Waals surface area contributed by atoms with Crippen LogP contribution in [0.3, 0.4) is 0 Å². The van der Waals surface area contributed by atoms with Crippen LogP contribution in [-0.4, -0.2) is 25.7 Å². The van der Waals surface area contributed by atoms with Gasteiger partial charge in [-0.2, -0.15) is 5.26 Å². The highest BCUT2D eigenvalue weighted by atomic mass is 16.5. The molecule has 1 N–H and O–H groups in total. The quantitative estimate of drug-likeness (QED) is 0.420. The second-order valence-electron chi connectivity index (χ2n) is 5.47. The summed E-state index contributed by atoms with van der Waals surface area (Å²) >= 11 is 0. The number of nitriles is 1. The molecule has 0 fully saturated rings. The van der Waals surface area contributed by atoms with E-state index in [1.54, 1.807) is 37.3 Å². The zero-order valence-electron chi connectivity index (χ0n) is 14.8. The van der Waals surface area contributed by atoms with Gasteiger partial charge >= 0.3 is 5.97 Å². The molecule has 5 heteroatoms. The lowest BCUT2D eigenvalue weighted by Gasteiger charge is -2.08. The van der Waals surface area contributed by atoms with Crippen molar-refractivity contribution in [3.63, 3.8) is 0 Å². The van der Waals surface area contributed by atoms with Crippen LogP contribution in [0, 0.1) is 11.3 Å². The Morgan fingerprint density at radius 2 is 1.88 bits per heavy atom. The maximum absolute atomic E-state index is 11.3. The molecule has 0 aromatic heterocycles. The van der Waals surface area contributed by atoms with E-state index in [-0.39, 0.29) is 5.97 Å². The smallest absolute Gasteiger partial charge is 0.330 e. The third-order valence-electron chi connectivity index (χ3n) is 3.51. The largest absolute Gasteiger partial charge is 0.494 e. The number of carbonyl (C=O) groups excluding carboxylic acids is 1. The van der Waals surface area contributed by atoms with E-state index in [0.717, 1.165) is 30.0 Å². The van der Waals surface area contributed by atoms with Gasteiger partial charge in [0, 0.05) is 18.3 Å². The molecule has 2 aromatic carbocycles. The van der Waals surface area contributed by atoms with Crippen LogP contribution < -0.4 is 10.1 Å². The fourth-order valence-corrected chi connectivity index (χ4v) is 2.19. The lowest BCUT2D eigenvalue weighted by molar-refractivity contribution is -0.137. The van der Waals surface area contributed by atoms with Gasteiger partial charge in [-0.25, -0.2) is 4.79 Å². The molecule has 0 spiro atoms. The van der Waals surface area contributed by atoms with Gasteiger partial charge in [0.05, 0.1) is 24.8 Å². The van der Waals surface area contributed by atoms with Crippen molar-refractivity contribution in [1.29, 1.82) is 5.26 Å². The Bertz CT molecular complexity index is 759. The Hall–Kier alpha value is -3.26. The van der Waals surface area contributed by atoms with Gasteiger partial charge in [-0.1, -0.05) is 12.1 Å². The molecule has 0 bridgehead atoms. The number of hydrogen-bond donors (Lipinski definition) is 1. The van der Waals surface area contributed by atoms with E-state index < -0.39 is 0 Å². The first kappa shape index (κ1) is 19.1. The summed E-state index contributed by atoms with van der Waals surface area (Å²) in [5.74, 6) is 0.429. The number of ether oxygens (including phenoxy) is 2. The van der Waals surface area contributed by atoms with Crippen LogP contribution in [0.15, 0.2) is 54.6 Å². The molecule has 5 nitrogen and oxygen atoms in total. The number of rotatable bonds is 9. The highest BCUT2D eigenvalue weighted by Gasteiger charge is 1.97. The second-order valence-corrected chi connectivity index (χ2v) is 5.47. The van der Waals surface area contributed by atoms with Crippen LogP contribution in [0.4, 0.5) is 5.69 Å². The van der Waals surface area contributed by atoms with Crippen molar-refractivity contribution in [2.45, 2.75) is 13.3 Å². The van der Waals surface area contributed by atoms with Crippen LogP contribution >= 0.6 is 0 Å². The number of hydrogen-bond acceptors (Lipinski definition) is 5. The molecule has 0 atom stereocenters. The summed E-state index contributed by atoms with van der Waals surface area (Å²) in [7, 11) is 0. The zero-order chi connectivity index (χ0) is 18.6. The first-order valence-electron chi connectivity index (χ1n) is 8.53. The van der Waals surface area contributed by atoms with E-state index in [2.05, 4.69) is 11.4 Å². The van der Waals surface area contributed by atoms with Crippen molar-refractivity contribution in [1.82, 2.24) is 0 Å². The average molecular weight is 350 g/mol. The number of carbonyl (C=O) groups is 1. The number of nitrogens with zero attached hydrogens (tertiary/aromatic N) is 1. The second kappa shape index (κ2) is 10.6. The number of benzene rings is 2. The third kappa shape index (κ3) is 6.70. The number of anilines is 1. The normalized spacial score (nSPS) is 10.3. The van der Waals surface area contributed by atoms with E-state index in [1.165, 1.54) is 6.08 Å². The van der Waals surface area contributed by atoms with E-state index >= 15 is 0 Å². The predicted octanol–water partition coefficient (Wildman–Crippen LogP) is 4.02. The minimum Gasteiger partial charge on any atom is -0.494 e. The molecule has 0 unspecified atom stereocenters. The molecule has 0 aliphatic rings. The topological polar surface area (TPSA) is 71.3 Å². The van der Waals surface area contributed by atoms with E-state index in [0.29, 0.717) is 18.8 Å². The Morgan fingerprint density at radius 3 is 2.54 bits per heavy atom. The van der Waals surface area contributed by atoms with Crippen LogP contribution in [0.2, 0.25) is 0 Å². The summed E-state index contributed by atoms with van der Waals surface area (Å²) < 4.78 is 10.5. The van der Waals surface area contributed by atoms with Crippen molar-refractivity contribution in [2.24, 2.45) is 0 Å². The van der Waals surface area contributed by atoms with Gasteiger partial charge in [-0.3, -0.25) is 0 Å². The fraction of sp³-hybridized carbons (Fsp3) is 0.238. The molecule has 0 heterocycles. The molecule has 134 valence electrons. The predicted molar refractivity (Wildman–Crippen MR) is 102 cm³/mol. The molecule has 26 heavy (non-hydrogen) atoms. The van der Waals surface area contributed by atoms with Crippen LogP contribution in [-0.2, 0) is 9.53 Å². The van der Waals surface area contributed by atoms with Gasteiger partial charge in [-0.15, -0.1) is 0 Å². The maximum Gasteiger partial charge on any atom is 0.330 e. The maximum atomic E-state index is 11.3. The first-order valence-corrected chi connectivity index (χ1v) is 8.53. The van der Waals surface area contributed by atoms with Crippen molar-refractivity contribution >= 4 is 17.7 Å². The Labute approximate surface area is 153 Å². The molecule has 0 saturated heterocycles. The van der Waals surface area contributed by atoms with Crippen LogP contribution in [0.1, 0.15) is 24.5 Å². The fourth-order valence-electron chi connectivity index (χ4n) is 2.19. The molecule has 0 saturated carbocycles. The van der Waals surface area contributed by atoms with Gasteiger partial charge in [0.25, 0.3) is 0 Å². The van der Waals surface area contributed by atoms with Gasteiger partial charge in [0.1, 0.15) is 5.75 Å². The van der Waals surface area contributed by atoms with E-state index in [9.17, 15) is 4.79 Å². The van der Waals surface area contributed by atoms with Crippen molar-refractivity contribution < 1.29 is 14.3 Å². The summed E-state index contributed by atoms with van der Waals surface area (Å²) in [5.41, 5.74) is 2.57. The minimum absolute atomic E-state index is 0.336. The number of nitrogens with one attached hydrogen (secondary N) is 1. The highest BCUT2D eigenvalue weighted by molar-refractivity contribution is 5.87. The van der Waals surface area contributed by atoms with Gasteiger partial charge in [0.15, 0.2) is 0 Å². The van der Waals surface area contributed by atoms with E-state index in [4.69, 9.17) is 14.7 Å². The first-order chi connectivity index (χ1) is 12.7. The lowest BCUT2D eigenvalue weighted by atomic mass is 10.2. The van der Waals surface area contributed by atoms with E-state index in [1.807, 2.05) is 24.3 Å². The monoisotopic (exact) mass is 350 g/mol. The SMILES string of the molecule is CCOC(=O)C=Cc1ccc(NCCCOc2ccc(C#N)cc2)cc1. The molecule has 2 aromatic rings. The summed E-state index contributed by atoms with van der Waals surface area (Å²) in [4.78, 5) is 11.3. The van der Waals surface area contributed by atoms with Gasteiger partial charge in [0.2, 0.25) is 0 Å². The van der Waals surface area contributed by atoms with Crippen molar-refractivity contribution in [2.75, 3.05) is 25.1 Å². The Kier molecular flexibility index (Phi) is 7.75. The summed E-state index contributed by atoms with van der Waals surface area (Å²) in [5, 5.41) is 12.1. The molecular weight excluding hydrogens is 328 g/mol. The standard InChI is InChI=1S/C21H22N2O3/c1-2-25-21(24)13-8-17-4-9-19(10-5-17)23-14-3-15-26-20-11-6-18(16-22)7-12-20/h4-13,23H,2-3,14-15H2,1H3. The minimum atomic E-state index is -0.336. The highest BCUT2D eigenvalue weighted by Crippen LogP contribution is 2.13. The molecule has 0 aliphatic heterocycles. The Balaban J connectivity index is 1.67. The van der Waals surface area contributed by atoms with Crippen LogP contribution in [0.5, 0.6) is 5.75 Å². The zero-order valence-corrected chi connectivity index (χ0v) is 14.8. The van der Waals surface area contributed by atoms with Crippen LogP contribution in [0.25, 0.3) is 6.08 Å². The molecule has 0 radical (unpaired) electrons. The lowest BCUT2D eigenvalue weighted by Crippen LogP contribution is -2.07. The van der Waals surface area contributed by atoms with Crippen molar-refractivity contribution in [3.05, 3.63) is 65.7 Å². The Morgan fingerprint density at radius 1 is 1.15 bits per heavy atom. The molecule has 0 aliphatic carbocycles.